The van der Waals surface area contributed by atoms with Gasteiger partial charge < -0.3 is 15.0 Å². The normalized spacial score (nSPS) is 10.8. The summed E-state index contributed by atoms with van der Waals surface area (Å²) in [4.78, 5) is 3.28. The smallest absolute Gasteiger partial charge is 0.119 e. The zero-order chi connectivity index (χ0) is 13.0. The molecule has 0 unspecified atom stereocenters. The van der Waals surface area contributed by atoms with Crippen molar-refractivity contribution in [1.82, 2.24) is 10.3 Å². The average molecular weight is 309 g/mol. The molecule has 1 heterocycles. The summed E-state index contributed by atoms with van der Waals surface area (Å²) < 4.78 is 6.23. The molecule has 0 bridgehead atoms. The quantitative estimate of drug-likeness (QED) is 0.804. The average Bonchev–Trinajstić information content (AvgIpc) is 2.76. The first kappa shape index (κ1) is 13.2. The van der Waals surface area contributed by atoms with Gasteiger partial charge in [-0.3, -0.25) is 0 Å². The summed E-state index contributed by atoms with van der Waals surface area (Å²) in [5.41, 5.74) is 2.45. The molecule has 4 heteroatoms. The van der Waals surface area contributed by atoms with E-state index in [0.717, 1.165) is 35.3 Å². The van der Waals surface area contributed by atoms with E-state index in [4.69, 9.17) is 4.74 Å². The monoisotopic (exact) mass is 308 g/mol. The number of halogens is 1. The molecular formula is C14H17BrN2O. The van der Waals surface area contributed by atoms with Crippen molar-refractivity contribution in [3.8, 4) is 5.75 Å². The summed E-state index contributed by atoms with van der Waals surface area (Å²) in [5, 5.41) is 4.56. The Hall–Kier alpha value is -1.26. The number of hydrogen-bond acceptors (Lipinski definition) is 2. The van der Waals surface area contributed by atoms with Gasteiger partial charge in [-0.05, 0) is 36.7 Å². The molecule has 0 saturated carbocycles. The molecule has 3 nitrogen and oxygen atoms in total. The van der Waals surface area contributed by atoms with Gasteiger partial charge in [-0.25, -0.2) is 0 Å². The van der Waals surface area contributed by atoms with Crippen LogP contribution in [0.5, 0.6) is 5.75 Å². The number of ether oxygens (including phenoxy) is 1. The number of nitrogens with one attached hydrogen (secondary N) is 2. The minimum atomic E-state index is 0.797. The summed E-state index contributed by atoms with van der Waals surface area (Å²) in [6.07, 6.45) is 3.04. The fourth-order valence-electron chi connectivity index (χ4n) is 1.94. The Morgan fingerprint density at radius 1 is 1.50 bits per heavy atom. The third-order valence-electron chi connectivity index (χ3n) is 2.86. The molecule has 2 N–H and O–H groups in total. The maximum atomic E-state index is 5.26. The Balaban J connectivity index is 2.06. The fourth-order valence-corrected chi connectivity index (χ4v) is 2.14. The van der Waals surface area contributed by atoms with Crippen LogP contribution in [0, 0.1) is 0 Å². The zero-order valence-electron chi connectivity index (χ0n) is 10.4. The van der Waals surface area contributed by atoms with Gasteiger partial charge in [0.25, 0.3) is 0 Å². The van der Waals surface area contributed by atoms with Gasteiger partial charge in [-0.1, -0.05) is 22.5 Å². The maximum absolute atomic E-state index is 5.26. The largest absolute Gasteiger partial charge is 0.497 e. The molecule has 1 aromatic carbocycles. The van der Waals surface area contributed by atoms with Crippen molar-refractivity contribution in [2.45, 2.75) is 6.42 Å². The van der Waals surface area contributed by atoms with Crippen LogP contribution >= 0.6 is 15.9 Å². The van der Waals surface area contributed by atoms with Gasteiger partial charge in [0.05, 0.1) is 7.11 Å². The van der Waals surface area contributed by atoms with Gasteiger partial charge in [0, 0.05) is 28.1 Å². The summed E-state index contributed by atoms with van der Waals surface area (Å²) in [7, 11) is 1.69. The van der Waals surface area contributed by atoms with E-state index < -0.39 is 0 Å². The van der Waals surface area contributed by atoms with E-state index in [1.165, 1.54) is 10.9 Å². The van der Waals surface area contributed by atoms with E-state index in [2.05, 4.69) is 45.1 Å². The van der Waals surface area contributed by atoms with Crippen LogP contribution in [0.25, 0.3) is 10.9 Å². The van der Waals surface area contributed by atoms with E-state index in [1.54, 1.807) is 7.11 Å². The molecule has 0 spiro atoms. The van der Waals surface area contributed by atoms with E-state index in [-0.39, 0.29) is 0 Å². The second-order valence-electron chi connectivity index (χ2n) is 4.17. The number of fused-ring (bicyclic) bond motifs is 1. The molecule has 2 rings (SSSR count). The van der Waals surface area contributed by atoms with E-state index in [1.807, 2.05) is 12.1 Å². The van der Waals surface area contributed by atoms with Gasteiger partial charge in [-0.2, -0.15) is 0 Å². The number of aromatic nitrogens is 1. The van der Waals surface area contributed by atoms with E-state index in [9.17, 15) is 0 Å². The maximum Gasteiger partial charge on any atom is 0.119 e. The van der Waals surface area contributed by atoms with Crippen LogP contribution in [0.3, 0.4) is 0 Å². The second-order valence-corrected chi connectivity index (χ2v) is 5.29. The third-order valence-corrected chi connectivity index (χ3v) is 3.14. The van der Waals surface area contributed by atoms with Crippen molar-refractivity contribution in [2.75, 3.05) is 20.2 Å². The van der Waals surface area contributed by atoms with Crippen LogP contribution in [0.1, 0.15) is 5.56 Å². The highest BCUT2D eigenvalue weighted by molar-refractivity contribution is 9.11. The van der Waals surface area contributed by atoms with Gasteiger partial charge in [0.2, 0.25) is 0 Å². The first-order chi connectivity index (χ1) is 8.70. The van der Waals surface area contributed by atoms with Crippen LogP contribution in [0.4, 0.5) is 0 Å². The summed E-state index contributed by atoms with van der Waals surface area (Å²) >= 11 is 3.33. The Labute approximate surface area is 115 Å². The van der Waals surface area contributed by atoms with Crippen molar-refractivity contribution in [2.24, 2.45) is 0 Å². The molecule has 0 aliphatic heterocycles. The lowest BCUT2D eigenvalue weighted by Crippen LogP contribution is -2.18. The molecular weight excluding hydrogens is 292 g/mol. The molecule has 0 amide bonds. The minimum Gasteiger partial charge on any atom is -0.497 e. The highest BCUT2D eigenvalue weighted by Gasteiger charge is 2.04. The van der Waals surface area contributed by atoms with Crippen LogP contribution in [-0.2, 0) is 6.42 Å². The molecule has 96 valence electrons. The Morgan fingerprint density at radius 2 is 2.33 bits per heavy atom. The molecule has 0 saturated heterocycles. The van der Waals surface area contributed by atoms with Crippen molar-refractivity contribution in [3.63, 3.8) is 0 Å². The van der Waals surface area contributed by atoms with Gasteiger partial charge in [-0.15, -0.1) is 0 Å². The predicted molar refractivity (Wildman–Crippen MR) is 79.5 cm³/mol. The molecule has 2 aromatic rings. The predicted octanol–water partition coefficient (Wildman–Crippen LogP) is 3.22. The standard InChI is InChI=1S/C14H17BrN2O/c1-10(15)8-16-6-5-11-9-17-14-4-3-12(18-2)7-13(11)14/h3-4,7,9,16-17H,1,5-6,8H2,2H3. The zero-order valence-corrected chi connectivity index (χ0v) is 12.0. The SMILES string of the molecule is C=C(Br)CNCCc1c[nH]c2ccc(OC)cc12. The number of benzene rings is 1. The van der Waals surface area contributed by atoms with Gasteiger partial charge in [0.15, 0.2) is 0 Å². The molecule has 0 aliphatic rings. The molecule has 0 atom stereocenters. The lowest BCUT2D eigenvalue weighted by atomic mass is 10.1. The second kappa shape index (κ2) is 6.07. The molecule has 0 radical (unpaired) electrons. The Kier molecular flexibility index (Phi) is 4.44. The van der Waals surface area contributed by atoms with Crippen LogP contribution in [0.2, 0.25) is 0 Å². The molecule has 1 aromatic heterocycles. The third kappa shape index (κ3) is 3.15. The first-order valence-corrected chi connectivity index (χ1v) is 6.68. The molecule has 0 fully saturated rings. The number of hydrogen-bond donors (Lipinski definition) is 2. The Morgan fingerprint density at radius 3 is 3.06 bits per heavy atom. The van der Waals surface area contributed by atoms with E-state index >= 15 is 0 Å². The first-order valence-electron chi connectivity index (χ1n) is 5.88. The van der Waals surface area contributed by atoms with Crippen molar-refractivity contribution < 1.29 is 4.74 Å². The highest BCUT2D eigenvalue weighted by atomic mass is 79.9. The Bertz CT molecular complexity index is 548. The number of H-pyrrole nitrogens is 1. The number of methoxy groups -OCH3 is 1. The van der Waals surface area contributed by atoms with E-state index in [0.29, 0.717) is 0 Å². The lowest BCUT2D eigenvalue weighted by Gasteiger charge is -2.04. The lowest BCUT2D eigenvalue weighted by molar-refractivity contribution is 0.415. The van der Waals surface area contributed by atoms with Crippen molar-refractivity contribution in [1.29, 1.82) is 0 Å². The number of rotatable bonds is 6. The molecule has 18 heavy (non-hydrogen) atoms. The van der Waals surface area contributed by atoms with Crippen molar-refractivity contribution >= 4 is 26.8 Å². The highest BCUT2D eigenvalue weighted by Crippen LogP contribution is 2.23. The summed E-state index contributed by atoms with van der Waals surface area (Å²) in [6, 6.07) is 6.09. The summed E-state index contributed by atoms with van der Waals surface area (Å²) in [5.74, 6) is 0.894. The van der Waals surface area contributed by atoms with Gasteiger partial charge in [0.1, 0.15) is 5.75 Å². The van der Waals surface area contributed by atoms with Gasteiger partial charge >= 0.3 is 0 Å². The van der Waals surface area contributed by atoms with Crippen molar-refractivity contribution in [3.05, 3.63) is 41.0 Å². The minimum absolute atomic E-state index is 0.797. The van der Waals surface area contributed by atoms with Crippen LogP contribution < -0.4 is 10.1 Å². The number of aromatic amines is 1. The van der Waals surface area contributed by atoms with Crippen LogP contribution in [-0.4, -0.2) is 25.2 Å². The van der Waals surface area contributed by atoms with Crippen LogP contribution in [0.15, 0.2) is 35.5 Å². The molecule has 0 aliphatic carbocycles. The fraction of sp³-hybridized carbons (Fsp3) is 0.286. The topological polar surface area (TPSA) is 37.0 Å². The summed E-state index contributed by atoms with van der Waals surface area (Å²) in [6.45, 7) is 5.52.